The molecule has 0 saturated carbocycles. The zero-order valence-corrected chi connectivity index (χ0v) is 40.3. The predicted molar refractivity (Wildman–Crippen MR) is 262 cm³/mol. The second-order valence-electron chi connectivity index (χ2n) is 17.7. The minimum Gasteiger partial charge on any atom is -0.493 e. The minimum absolute atomic E-state index is 0.0645. The third kappa shape index (κ3) is 11.5. The summed E-state index contributed by atoms with van der Waals surface area (Å²) >= 11 is 25.3. The summed E-state index contributed by atoms with van der Waals surface area (Å²) in [5, 5.41) is 9.84. The van der Waals surface area contributed by atoms with E-state index in [0.29, 0.717) is 82.8 Å². The van der Waals surface area contributed by atoms with E-state index in [9.17, 15) is 18.0 Å². The number of piperazine rings is 2. The number of hydrogen-bond acceptors (Lipinski definition) is 8. The molecule has 2 bridgehead atoms. The molecule has 358 valence electrons. The van der Waals surface area contributed by atoms with Gasteiger partial charge in [0.15, 0.2) is 11.5 Å². The maximum atomic E-state index is 13.5. The molecule has 10 nitrogen and oxygen atoms in total. The maximum Gasteiger partial charge on any atom is 0.573 e. The van der Waals surface area contributed by atoms with Gasteiger partial charge in [-0.25, -0.2) is 0 Å². The van der Waals surface area contributed by atoms with Gasteiger partial charge in [-0.15, -0.1) is 13.2 Å². The lowest BCUT2D eigenvalue weighted by molar-refractivity contribution is -0.274. The number of methoxy groups -OCH3 is 1. The molecule has 6 aromatic rings. The van der Waals surface area contributed by atoms with Gasteiger partial charge in [0.2, 0.25) is 5.91 Å². The highest BCUT2D eigenvalue weighted by atomic mass is 35.5. The third-order valence-electron chi connectivity index (χ3n) is 13.1. The Kier molecular flexibility index (Phi) is 15.0. The normalized spacial score (nSPS) is 18.9. The van der Waals surface area contributed by atoms with Crippen LogP contribution in [0, 0.1) is 0 Å². The second-order valence-corrected chi connectivity index (χ2v) is 19.3. The topological polar surface area (TPSA) is 83.5 Å². The van der Waals surface area contributed by atoms with E-state index >= 15 is 0 Å². The van der Waals surface area contributed by atoms with Crippen LogP contribution in [0.2, 0.25) is 20.1 Å². The maximum absolute atomic E-state index is 13.5. The standard InChI is InChI=1S/C51H51Cl4F3N6O4/c1-66-48-15-8-33(22-49(48)67-31-34-6-13-44(54)45(55)21-34)24-61-19-17-59-46(30-61)50(65)60-16-3-18-62-28-40(35-9-11-38(12-10-35)68-51(56,57)58)39-20-32(7-14-47(39)62)25-63-26-37-23-36(63)27-64(37)29-41-42(52)4-2-5-43(41)53/h2,4-15,20-22,28,36-37,46,59H,3,16-19,23-27,29-31H2,1H3,(H,60,65). The third-order valence-corrected chi connectivity index (χ3v) is 14.5. The highest BCUT2D eigenvalue weighted by Gasteiger charge is 2.43. The number of aryl methyl sites for hydroxylation is 1. The van der Waals surface area contributed by atoms with Crippen molar-refractivity contribution in [2.45, 2.75) is 70.1 Å². The van der Waals surface area contributed by atoms with E-state index in [1.807, 2.05) is 42.5 Å². The van der Waals surface area contributed by atoms with Gasteiger partial charge < -0.3 is 29.4 Å². The molecule has 3 aliphatic rings. The zero-order chi connectivity index (χ0) is 47.5. The molecule has 3 saturated heterocycles. The van der Waals surface area contributed by atoms with E-state index in [-0.39, 0.29) is 24.3 Å². The van der Waals surface area contributed by atoms with Crippen LogP contribution in [-0.4, -0.2) is 96.0 Å². The fourth-order valence-electron chi connectivity index (χ4n) is 9.73. The number of hydrogen-bond donors (Lipinski definition) is 2. The summed E-state index contributed by atoms with van der Waals surface area (Å²) in [4.78, 5) is 20.8. The molecular formula is C51H51Cl4F3N6O4. The van der Waals surface area contributed by atoms with Crippen LogP contribution in [0.25, 0.3) is 22.0 Å². The summed E-state index contributed by atoms with van der Waals surface area (Å²) in [6, 6.07) is 29.8. The van der Waals surface area contributed by atoms with Crippen molar-refractivity contribution in [3.05, 3.63) is 146 Å². The molecule has 68 heavy (non-hydrogen) atoms. The lowest BCUT2D eigenvalue weighted by Gasteiger charge is -2.34. The average molecular weight is 1010 g/mol. The summed E-state index contributed by atoms with van der Waals surface area (Å²) in [7, 11) is 1.60. The number of benzene rings is 5. The molecule has 3 unspecified atom stereocenters. The Bertz CT molecular complexity index is 2740. The van der Waals surface area contributed by atoms with E-state index in [1.54, 1.807) is 31.4 Å². The number of carbonyl (C=O) groups excluding carboxylic acids is 1. The molecule has 1 aromatic heterocycles. The van der Waals surface area contributed by atoms with E-state index in [2.05, 4.69) is 59.0 Å². The monoisotopic (exact) mass is 1010 g/mol. The Morgan fingerprint density at radius 2 is 1.50 bits per heavy atom. The molecule has 1 amide bonds. The molecule has 3 aliphatic heterocycles. The molecule has 3 atom stereocenters. The number of aromatic nitrogens is 1. The first-order chi connectivity index (χ1) is 32.8. The lowest BCUT2D eigenvalue weighted by atomic mass is 10.0. The molecular weight excluding hydrogens is 959 g/mol. The molecule has 0 spiro atoms. The number of nitrogens with one attached hydrogen (secondary N) is 2. The zero-order valence-electron chi connectivity index (χ0n) is 37.3. The second kappa shape index (κ2) is 21.1. The molecule has 17 heteroatoms. The highest BCUT2D eigenvalue weighted by molar-refractivity contribution is 6.42. The van der Waals surface area contributed by atoms with E-state index in [1.165, 1.54) is 12.1 Å². The highest BCUT2D eigenvalue weighted by Crippen LogP contribution is 2.38. The van der Waals surface area contributed by atoms with Gasteiger partial charge in [-0.3, -0.25) is 19.5 Å². The Morgan fingerprint density at radius 3 is 2.22 bits per heavy atom. The molecule has 9 rings (SSSR count). The van der Waals surface area contributed by atoms with Crippen LogP contribution < -0.4 is 24.8 Å². The van der Waals surface area contributed by atoms with Gasteiger partial charge in [0, 0.05) is 116 Å². The van der Waals surface area contributed by atoms with Crippen LogP contribution in [0.3, 0.4) is 0 Å². The first-order valence-electron chi connectivity index (χ1n) is 22.6. The number of alkyl halides is 3. The van der Waals surface area contributed by atoms with Crippen molar-refractivity contribution in [1.29, 1.82) is 0 Å². The van der Waals surface area contributed by atoms with Crippen molar-refractivity contribution >= 4 is 63.2 Å². The summed E-state index contributed by atoms with van der Waals surface area (Å²) in [5.41, 5.74) is 6.71. The summed E-state index contributed by atoms with van der Waals surface area (Å²) < 4.78 is 57.1. The number of likely N-dealkylation sites (tertiary alicyclic amines) is 2. The Morgan fingerprint density at radius 1 is 0.779 bits per heavy atom. The Labute approximate surface area is 413 Å². The average Bonchev–Trinajstić information content (AvgIpc) is 4.02. The lowest BCUT2D eigenvalue weighted by Crippen LogP contribution is -2.56. The number of ether oxygens (including phenoxy) is 3. The van der Waals surface area contributed by atoms with Crippen LogP contribution in [-0.2, 0) is 37.6 Å². The van der Waals surface area contributed by atoms with Crippen LogP contribution in [0.15, 0.2) is 103 Å². The number of halogens is 7. The van der Waals surface area contributed by atoms with E-state index in [0.717, 1.165) is 83.4 Å². The quantitative estimate of drug-likeness (QED) is 0.0875. The minimum atomic E-state index is -4.78. The van der Waals surface area contributed by atoms with Crippen LogP contribution in [0.1, 0.15) is 35.1 Å². The van der Waals surface area contributed by atoms with Gasteiger partial charge in [0.1, 0.15) is 12.4 Å². The van der Waals surface area contributed by atoms with Crippen LogP contribution >= 0.6 is 46.4 Å². The summed E-state index contributed by atoms with van der Waals surface area (Å²) in [6.07, 6.45) is -0.992. The van der Waals surface area contributed by atoms with Gasteiger partial charge >= 0.3 is 6.36 Å². The van der Waals surface area contributed by atoms with Gasteiger partial charge in [0.25, 0.3) is 0 Å². The molecule has 3 fully saturated rings. The van der Waals surface area contributed by atoms with E-state index in [4.69, 9.17) is 55.9 Å². The van der Waals surface area contributed by atoms with Crippen LogP contribution in [0.4, 0.5) is 13.2 Å². The largest absolute Gasteiger partial charge is 0.573 e. The predicted octanol–water partition coefficient (Wildman–Crippen LogP) is 10.8. The Hall–Kier alpha value is -4.70. The van der Waals surface area contributed by atoms with E-state index < -0.39 is 6.36 Å². The van der Waals surface area contributed by atoms with Crippen molar-refractivity contribution in [1.82, 2.24) is 29.9 Å². The van der Waals surface area contributed by atoms with Gasteiger partial charge in [-0.05, 0) is 95.8 Å². The first-order valence-corrected chi connectivity index (χ1v) is 24.1. The van der Waals surface area contributed by atoms with Crippen molar-refractivity contribution in [3.63, 3.8) is 0 Å². The van der Waals surface area contributed by atoms with Gasteiger partial charge in [-0.2, -0.15) is 0 Å². The SMILES string of the molecule is COc1ccc(CN2CCNC(C(=O)NCCCn3cc(-c4ccc(OC(F)(F)F)cc4)c4cc(CN5CC6CC5CN6Cc5c(Cl)cccc5Cl)ccc43)C2)cc1OCc1ccc(Cl)c(Cl)c1. The van der Waals surface area contributed by atoms with Gasteiger partial charge in [0.05, 0.1) is 23.2 Å². The molecule has 0 aliphatic carbocycles. The van der Waals surface area contributed by atoms with Gasteiger partial charge in [-0.1, -0.05) is 82.8 Å². The molecule has 2 N–H and O–H groups in total. The molecule has 5 aromatic carbocycles. The fraction of sp³-hybridized carbons (Fsp3) is 0.353. The Balaban J connectivity index is 0.821. The summed E-state index contributed by atoms with van der Waals surface area (Å²) in [5.74, 6) is 0.883. The number of nitrogens with zero attached hydrogens (tertiary/aromatic N) is 4. The number of carbonyl (C=O) groups is 1. The van der Waals surface area contributed by atoms with Crippen molar-refractivity contribution in [2.75, 3.05) is 46.4 Å². The van der Waals surface area contributed by atoms with Crippen LogP contribution in [0.5, 0.6) is 17.2 Å². The summed E-state index contributed by atoms with van der Waals surface area (Å²) in [6.45, 7) is 7.31. The number of amides is 1. The molecule has 0 radical (unpaired) electrons. The van der Waals surface area contributed by atoms with Crippen molar-refractivity contribution in [2.24, 2.45) is 0 Å². The number of rotatable bonds is 17. The smallest absolute Gasteiger partial charge is 0.493 e. The first kappa shape index (κ1) is 48.3. The van der Waals surface area contributed by atoms with Crippen molar-refractivity contribution in [3.8, 4) is 28.4 Å². The number of fused-ring (bicyclic) bond motifs is 3. The molecule has 4 heterocycles. The van der Waals surface area contributed by atoms with Crippen molar-refractivity contribution < 1.29 is 32.2 Å². The fourth-order valence-corrected chi connectivity index (χ4v) is 10.6.